The molecular formula is C36H42N8O4. The molecule has 2 saturated heterocycles. The summed E-state index contributed by atoms with van der Waals surface area (Å²) in [4.78, 5) is 67.1. The van der Waals surface area contributed by atoms with Crippen LogP contribution in [0.3, 0.4) is 0 Å². The van der Waals surface area contributed by atoms with Crippen LogP contribution in [0.5, 0.6) is 0 Å². The lowest BCUT2D eigenvalue weighted by molar-refractivity contribution is -0.136. The molecule has 0 bridgehead atoms. The van der Waals surface area contributed by atoms with Crippen LogP contribution >= 0.6 is 0 Å². The van der Waals surface area contributed by atoms with Crippen molar-refractivity contribution in [2.24, 2.45) is 10.7 Å². The Labute approximate surface area is 279 Å². The number of hydrogen-bond donors (Lipinski definition) is 3. The number of benzene rings is 2. The molecule has 4 heterocycles. The van der Waals surface area contributed by atoms with Crippen LogP contribution in [-0.2, 0) is 9.59 Å². The lowest BCUT2D eigenvalue weighted by atomic mass is 9.89. The van der Waals surface area contributed by atoms with E-state index in [1.807, 2.05) is 0 Å². The predicted octanol–water partition coefficient (Wildman–Crippen LogP) is 3.88. The highest BCUT2D eigenvalue weighted by molar-refractivity contribution is 6.23. The number of fused-ring (bicyclic) bond motifs is 2. The van der Waals surface area contributed by atoms with Crippen LogP contribution in [0.2, 0.25) is 0 Å². The van der Waals surface area contributed by atoms with E-state index in [4.69, 9.17) is 10.7 Å². The highest BCUT2D eigenvalue weighted by Gasteiger charge is 2.44. The number of imide groups is 2. The van der Waals surface area contributed by atoms with Crippen LogP contribution in [0, 0.1) is 0 Å². The van der Waals surface area contributed by atoms with Crippen molar-refractivity contribution in [3.05, 3.63) is 71.2 Å². The molecule has 2 fully saturated rings. The molecule has 4 N–H and O–H groups in total. The zero-order chi connectivity index (χ0) is 33.6. The number of nitrogens with two attached hydrogens (primary N) is 1. The van der Waals surface area contributed by atoms with E-state index in [1.54, 1.807) is 30.6 Å². The van der Waals surface area contributed by atoms with Gasteiger partial charge in [-0.25, -0.2) is 4.98 Å². The Bertz CT molecular complexity index is 1780. The van der Waals surface area contributed by atoms with E-state index >= 15 is 0 Å². The van der Waals surface area contributed by atoms with Crippen LogP contribution in [0.25, 0.3) is 16.6 Å². The first-order chi connectivity index (χ1) is 23.3. The molecule has 6 rings (SSSR count). The number of carbonyl (C=O) groups is 4. The van der Waals surface area contributed by atoms with E-state index in [9.17, 15) is 19.2 Å². The van der Waals surface area contributed by atoms with Crippen molar-refractivity contribution in [3.8, 4) is 0 Å². The molecule has 0 radical (unpaired) electrons. The van der Waals surface area contributed by atoms with E-state index in [1.165, 1.54) is 11.8 Å². The second kappa shape index (κ2) is 14.8. The quantitative estimate of drug-likeness (QED) is 0.150. The Kier molecular flexibility index (Phi) is 10.2. The number of unbranched alkanes of at least 4 members (excludes halogenated alkanes) is 3. The van der Waals surface area contributed by atoms with E-state index < -0.39 is 29.7 Å². The number of likely N-dealkylation sites (tertiary alicyclic amines) is 1. The molecule has 3 aliphatic heterocycles. The van der Waals surface area contributed by atoms with Gasteiger partial charge in [0.2, 0.25) is 11.8 Å². The number of aromatic nitrogens is 2. The van der Waals surface area contributed by atoms with E-state index in [0.717, 1.165) is 78.8 Å². The molecule has 48 heavy (non-hydrogen) atoms. The van der Waals surface area contributed by atoms with E-state index in [0.29, 0.717) is 24.7 Å². The fourth-order valence-corrected chi connectivity index (χ4v) is 6.62. The maximum absolute atomic E-state index is 13.0. The fourth-order valence-electron chi connectivity index (χ4n) is 6.62. The fraction of sp³-hybridized carbons (Fsp3) is 0.417. The van der Waals surface area contributed by atoms with Crippen molar-refractivity contribution in [2.45, 2.75) is 63.3 Å². The minimum absolute atomic E-state index is 0.0921. The molecule has 2 aromatic carbocycles. The molecule has 12 nitrogen and oxygen atoms in total. The normalized spacial score (nSPS) is 19.4. The third kappa shape index (κ3) is 7.28. The first kappa shape index (κ1) is 33.0. The molecule has 12 heteroatoms. The van der Waals surface area contributed by atoms with Crippen LogP contribution in [0.15, 0.2) is 53.8 Å². The molecule has 1 atom stereocenters. The van der Waals surface area contributed by atoms with Crippen molar-refractivity contribution in [1.29, 1.82) is 0 Å². The summed E-state index contributed by atoms with van der Waals surface area (Å²) >= 11 is 0. The standard InChI is InChI=1S/C36H42N8O4/c1-43-16-12-23(13-17-43)24-6-9-29-30(18-24)41-31(22-40-29)25(20-37)21-38-14-4-2-3-5-15-39-26-7-8-27-28(19-26)36(48)44(35(27)47)32-10-11-33(45)42-34(32)46/h6-9,18-23,32,39H,2-5,10-17,37H2,1H3,(H,42,45,46). The Morgan fingerprint density at radius 1 is 0.979 bits per heavy atom. The second-order valence-electron chi connectivity index (χ2n) is 12.8. The molecule has 3 aliphatic rings. The highest BCUT2D eigenvalue weighted by Crippen LogP contribution is 2.31. The van der Waals surface area contributed by atoms with Crippen LogP contribution in [-0.4, -0.2) is 88.9 Å². The van der Waals surface area contributed by atoms with Gasteiger partial charge in [-0.2, -0.15) is 0 Å². The Morgan fingerprint density at radius 2 is 1.77 bits per heavy atom. The third-order valence-corrected chi connectivity index (χ3v) is 9.44. The summed E-state index contributed by atoms with van der Waals surface area (Å²) in [5, 5.41) is 5.54. The number of piperidine rings is 2. The molecule has 1 unspecified atom stereocenters. The number of amides is 4. The third-order valence-electron chi connectivity index (χ3n) is 9.44. The minimum Gasteiger partial charge on any atom is -0.404 e. The number of anilines is 1. The summed E-state index contributed by atoms with van der Waals surface area (Å²) in [6.07, 6.45) is 11.5. The predicted molar refractivity (Wildman–Crippen MR) is 185 cm³/mol. The summed E-state index contributed by atoms with van der Waals surface area (Å²) in [5.41, 5.74) is 11.7. The van der Waals surface area contributed by atoms with Crippen LogP contribution < -0.4 is 16.4 Å². The molecule has 0 aliphatic carbocycles. The highest BCUT2D eigenvalue weighted by atomic mass is 16.2. The topological polar surface area (TPSA) is 163 Å². The number of nitrogens with one attached hydrogen (secondary N) is 2. The maximum Gasteiger partial charge on any atom is 0.262 e. The molecule has 0 spiro atoms. The molecular weight excluding hydrogens is 608 g/mol. The molecule has 1 aromatic heterocycles. The molecule has 250 valence electrons. The second-order valence-corrected chi connectivity index (χ2v) is 12.8. The van der Waals surface area contributed by atoms with Gasteiger partial charge in [0.05, 0.1) is 34.1 Å². The Hall–Kier alpha value is -4.97. The van der Waals surface area contributed by atoms with Gasteiger partial charge in [0, 0.05) is 43.2 Å². The lowest BCUT2D eigenvalue weighted by Crippen LogP contribution is -2.54. The zero-order valence-corrected chi connectivity index (χ0v) is 27.3. The van der Waals surface area contributed by atoms with Gasteiger partial charge in [-0.05, 0) is 94.1 Å². The number of nitrogens with zero attached hydrogens (tertiary/aromatic N) is 5. The van der Waals surface area contributed by atoms with Crippen LogP contribution in [0.1, 0.15) is 89.3 Å². The number of aliphatic imine (C=N–C) groups is 1. The van der Waals surface area contributed by atoms with Crippen molar-refractivity contribution in [3.63, 3.8) is 0 Å². The molecule has 0 saturated carbocycles. The van der Waals surface area contributed by atoms with Crippen molar-refractivity contribution >= 4 is 52.1 Å². The Morgan fingerprint density at radius 3 is 2.56 bits per heavy atom. The summed E-state index contributed by atoms with van der Waals surface area (Å²) in [6, 6.07) is 10.5. The average molecular weight is 651 g/mol. The SMILES string of the molecule is CN1CCC(c2ccc3ncc(C(C=NCCCCCCNc4ccc5c(c4)C(=O)N(C4CCC(=O)NC4=O)C5=O)=CN)nc3c2)CC1. The van der Waals surface area contributed by atoms with Gasteiger partial charge in [0.25, 0.3) is 11.8 Å². The van der Waals surface area contributed by atoms with Gasteiger partial charge in [-0.15, -0.1) is 0 Å². The summed E-state index contributed by atoms with van der Waals surface area (Å²) in [7, 11) is 2.17. The monoisotopic (exact) mass is 650 g/mol. The van der Waals surface area contributed by atoms with Gasteiger partial charge in [0.1, 0.15) is 6.04 Å². The van der Waals surface area contributed by atoms with Gasteiger partial charge in [-0.3, -0.25) is 39.4 Å². The number of hydrogen-bond acceptors (Lipinski definition) is 10. The zero-order valence-electron chi connectivity index (χ0n) is 27.3. The van der Waals surface area contributed by atoms with Gasteiger partial charge < -0.3 is 16.0 Å². The van der Waals surface area contributed by atoms with E-state index in [2.05, 4.69) is 50.8 Å². The van der Waals surface area contributed by atoms with Crippen molar-refractivity contribution in [1.82, 2.24) is 25.1 Å². The molecule has 3 aromatic rings. The molecule has 4 amide bonds. The number of rotatable bonds is 12. The average Bonchev–Trinajstić information content (AvgIpc) is 3.33. The van der Waals surface area contributed by atoms with Crippen molar-refractivity contribution < 1.29 is 19.2 Å². The van der Waals surface area contributed by atoms with Gasteiger partial charge in [-0.1, -0.05) is 18.9 Å². The lowest BCUT2D eigenvalue weighted by Gasteiger charge is -2.29. The number of allylic oxidation sites excluding steroid dienone is 1. The summed E-state index contributed by atoms with van der Waals surface area (Å²) in [5.74, 6) is -1.47. The minimum atomic E-state index is -0.969. The smallest absolute Gasteiger partial charge is 0.262 e. The first-order valence-corrected chi connectivity index (χ1v) is 16.8. The van der Waals surface area contributed by atoms with Crippen molar-refractivity contribution in [2.75, 3.05) is 38.5 Å². The Balaban J connectivity index is 0.929. The summed E-state index contributed by atoms with van der Waals surface area (Å²) in [6.45, 7) is 3.61. The maximum atomic E-state index is 13.0. The summed E-state index contributed by atoms with van der Waals surface area (Å²) < 4.78 is 0. The van der Waals surface area contributed by atoms with Crippen LogP contribution in [0.4, 0.5) is 5.69 Å². The van der Waals surface area contributed by atoms with Gasteiger partial charge >= 0.3 is 0 Å². The van der Waals surface area contributed by atoms with E-state index in [-0.39, 0.29) is 24.0 Å². The van der Waals surface area contributed by atoms with Gasteiger partial charge in [0.15, 0.2) is 0 Å². The number of carbonyl (C=O) groups excluding carboxylic acids is 4. The first-order valence-electron chi connectivity index (χ1n) is 16.8. The largest absolute Gasteiger partial charge is 0.404 e.